The Balaban J connectivity index is 2.50. The second-order valence-corrected chi connectivity index (χ2v) is 4.93. The molecule has 0 aromatic carbocycles. The summed E-state index contributed by atoms with van der Waals surface area (Å²) in [5.41, 5.74) is 4.67. The Labute approximate surface area is 106 Å². The van der Waals surface area contributed by atoms with Crippen LogP contribution in [0, 0.1) is 0 Å². The summed E-state index contributed by atoms with van der Waals surface area (Å²) in [5.74, 6) is -1.22. The predicted octanol–water partition coefficient (Wildman–Crippen LogP) is 0.106. The van der Waals surface area contributed by atoms with Gasteiger partial charge in [0.2, 0.25) is 11.3 Å². The first-order valence-electron chi connectivity index (χ1n) is 4.84. The summed E-state index contributed by atoms with van der Waals surface area (Å²) in [6.45, 7) is 0. The van der Waals surface area contributed by atoms with E-state index >= 15 is 0 Å². The average Bonchev–Trinajstić information content (AvgIpc) is 2.92. The molecule has 0 fully saturated rings. The summed E-state index contributed by atoms with van der Waals surface area (Å²) in [5, 5.41) is 0. The van der Waals surface area contributed by atoms with Gasteiger partial charge in [-0.3, -0.25) is 4.57 Å². The molecule has 102 valence electrons. The van der Waals surface area contributed by atoms with Gasteiger partial charge >= 0.3 is 13.6 Å². The van der Waals surface area contributed by atoms with Crippen LogP contribution in [0.25, 0.3) is 11.5 Å². The summed E-state index contributed by atoms with van der Waals surface area (Å²) < 4.78 is 25.2. The molecular weight excluding hydrogens is 279 g/mol. The Kier molecular flexibility index (Phi) is 3.19. The third-order valence-corrected chi connectivity index (χ3v) is 2.94. The molecule has 0 radical (unpaired) electrons. The van der Waals surface area contributed by atoms with Gasteiger partial charge in [-0.2, -0.15) is 4.98 Å². The molecule has 2 rings (SSSR count). The van der Waals surface area contributed by atoms with E-state index in [1.807, 2.05) is 0 Å². The van der Waals surface area contributed by atoms with E-state index in [0.29, 0.717) is 0 Å². The molecule has 0 spiro atoms. The zero-order valence-corrected chi connectivity index (χ0v) is 10.5. The molecule has 0 aliphatic rings. The van der Waals surface area contributed by atoms with Crippen molar-refractivity contribution < 1.29 is 32.7 Å². The number of esters is 1. The van der Waals surface area contributed by atoms with E-state index in [1.165, 1.54) is 6.07 Å². The molecule has 0 aliphatic carbocycles. The number of oxazole rings is 1. The molecule has 0 amide bonds. The Bertz CT molecular complexity index is 668. The van der Waals surface area contributed by atoms with Crippen LogP contribution in [0.2, 0.25) is 0 Å². The van der Waals surface area contributed by atoms with Gasteiger partial charge in [0.1, 0.15) is 0 Å². The van der Waals surface area contributed by atoms with E-state index < -0.39 is 19.1 Å². The maximum absolute atomic E-state index is 11.4. The van der Waals surface area contributed by atoms with Gasteiger partial charge in [-0.05, 0) is 12.1 Å². The van der Waals surface area contributed by atoms with Crippen LogP contribution in [0.15, 0.2) is 21.0 Å². The monoisotopic (exact) mass is 288 g/mol. The standard InChI is InChI=1S/C9H9N2O7P/c1-16-8(12)7-6(11-9(10)18-7)4-2-3-5(17-4)19(13,14)15/h2-3H,1H3,(H2,10,11)(H2,13,14,15). The highest BCUT2D eigenvalue weighted by molar-refractivity contribution is 7.59. The highest BCUT2D eigenvalue weighted by Gasteiger charge is 2.27. The minimum Gasteiger partial charge on any atom is -0.463 e. The number of aromatic nitrogens is 1. The van der Waals surface area contributed by atoms with Crippen LogP contribution in [-0.2, 0) is 9.30 Å². The van der Waals surface area contributed by atoms with E-state index in [-0.39, 0.29) is 23.2 Å². The van der Waals surface area contributed by atoms with Crippen LogP contribution in [0.5, 0.6) is 0 Å². The molecule has 10 heteroatoms. The first-order valence-corrected chi connectivity index (χ1v) is 6.45. The van der Waals surface area contributed by atoms with E-state index in [4.69, 9.17) is 24.4 Å². The summed E-state index contributed by atoms with van der Waals surface area (Å²) in [4.78, 5) is 33.0. The second kappa shape index (κ2) is 4.54. The minimum atomic E-state index is -4.53. The van der Waals surface area contributed by atoms with Crippen LogP contribution in [0.1, 0.15) is 10.6 Å². The van der Waals surface area contributed by atoms with Crippen molar-refractivity contribution in [3.05, 3.63) is 17.9 Å². The van der Waals surface area contributed by atoms with Crippen LogP contribution in [-0.4, -0.2) is 27.8 Å². The van der Waals surface area contributed by atoms with Crippen LogP contribution < -0.4 is 11.2 Å². The number of hydrogen-bond donors (Lipinski definition) is 3. The predicted molar refractivity (Wildman–Crippen MR) is 61.6 cm³/mol. The lowest BCUT2D eigenvalue weighted by molar-refractivity contribution is 0.0567. The largest absolute Gasteiger partial charge is 0.463 e. The van der Waals surface area contributed by atoms with E-state index in [1.54, 1.807) is 0 Å². The molecule has 0 bridgehead atoms. The van der Waals surface area contributed by atoms with Gasteiger partial charge in [-0.15, -0.1) is 0 Å². The fourth-order valence-corrected chi connectivity index (χ4v) is 1.83. The van der Waals surface area contributed by atoms with Crippen LogP contribution in [0.4, 0.5) is 6.01 Å². The van der Waals surface area contributed by atoms with Crippen molar-refractivity contribution in [2.45, 2.75) is 0 Å². The van der Waals surface area contributed by atoms with Crippen molar-refractivity contribution >= 4 is 25.1 Å². The van der Waals surface area contributed by atoms with E-state index in [2.05, 4.69) is 9.72 Å². The number of carbonyl (C=O) groups is 1. The Morgan fingerprint density at radius 2 is 2.11 bits per heavy atom. The quantitative estimate of drug-likeness (QED) is 0.528. The SMILES string of the molecule is COC(=O)c1oc(N)nc1-c1ccc(P(=O)(O)O)o1. The van der Waals surface area contributed by atoms with Crippen molar-refractivity contribution in [1.82, 2.24) is 4.98 Å². The molecule has 0 aliphatic heterocycles. The number of nitrogens with two attached hydrogens (primary N) is 1. The fourth-order valence-electron chi connectivity index (χ4n) is 1.35. The van der Waals surface area contributed by atoms with Crippen molar-refractivity contribution in [2.24, 2.45) is 0 Å². The number of hydrogen-bond acceptors (Lipinski definition) is 7. The number of nitrogens with zero attached hydrogens (tertiary/aromatic N) is 1. The van der Waals surface area contributed by atoms with Gasteiger partial charge in [-0.1, -0.05) is 0 Å². The van der Waals surface area contributed by atoms with Gasteiger partial charge in [0.05, 0.1) is 7.11 Å². The minimum absolute atomic E-state index is 0.0702. The molecule has 19 heavy (non-hydrogen) atoms. The Hall–Kier alpha value is -2.09. The molecule has 2 aromatic heterocycles. The summed E-state index contributed by atoms with van der Waals surface area (Å²) in [6, 6.07) is 2.00. The number of ether oxygens (including phenoxy) is 1. The first-order chi connectivity index (χ1) is 8.82. The number of rotatable bonds is 3. The maximum Gasteiger partial charge on any atom is 0.391 e. The van der Waals surface area contributed by atoms with Crippen molar-refractivity contribution in [1.29, 1.82) is 0 Å². The molecule has 0 atom stereocenters. The number of carbonyl (C=O) groups excluding carboxylic acids is 1. The first kappa shape index (κ1) is 13.3. The van der Waals surface area contributed by atoms with Gasteiger partial charge in [0.15, 0.2) is 11.5 Å². The Morgan fingerprint density at radius 1 is 1.42 bits per heavy atom. The topological polar surface area (TPSA) is 149 Å². The van der Waals surface area contributed by atoms with Crippen molar-refractivity contribution in [3.63, 3.8) is 0 Å². The van der Waals surface area contributed by atoms with E-state index in [0.717, 1.165) is 13.2 Å². The number of nitrogen functional groups attached to an aromatic ring is 1. The fraction of sp³-hybridized carbons (Fsp3) is 0.111. The second-order valence-electron chi connectivity index (χ2n) is 3.40. The van der Waals surface area contributed by atoms with Gasteiger partial charge in [0.25, 0.3) is 6.01 Å². The van der Waals surface area contributed by atoms with Crippen LogP contribution in [0.3, 0.4) is 0 Å². The molecule has 0 saturated carbocycles. The number of methoxy groups -OCH3 is 1. The molecular formula is C9H9N2O7P. The summed E-state index contributed by atoms with van der Waals surface area (Å²) in [7, 11) is -3.40. The third kappa shape index (κ3) is 2.53. The van der Waals surface area contributed by atoms with Gasteiger partial charge in [-0.25, -0.2) is 4.79 Å². The third-order valence-electron chi connectivity index (χ3n) is 2.13. The molecule has 2 heterocycles. The summed E-state index contributed by atoms with van der Waals surface area (Å²) >= 11 is 0. The van der Waals surface area contributed by atoms with Crippen LogP contribution >= 0.6 is 7.60 Å². The molecule has 0 saturated heterocycles. The zero-order chi connectivity index (χ0) is 14.2. The Morgan fingerprint density at radius 3 is 2.63 bits per heavy atom. The normalized spacial score (nSPS) is 11.5. The lowest BCUT2D eigenvalue weighted by atomic mass is 10.3. The number of furan rings is 1. The lowest BCUT2D eigenvalue weighted by Crippen LogP contribution is -2.01. The highest BCUT2D eigenvalue weighted by atomic mass is 31.2. The molecule has 4 N–H and O–H groups in total. The lowest BCUT2D eigenvalue weighted by Gasteiger charge is -1.98. The zero-order valence-electron chi connectivity index (χ0n) is 9.56. The van der Waals surface area contributed by atoms with Crippen molar-refractivity contribution in [2.75, 3.05) is 12.8 Å². The molecule has 9 nitrogen and oxygen atoms in total. The number of anilines is 1. The smallest absolute Gasteiger partial charge is 0.391 e. The van der Waals surface area contributed by atoms with Gasteiger partial charge in [0, 0.05) is 0 Å². The van der Waals surface area contributed by atoms with Gasteiger partial charge < -0.3 is 29.1 Å². The molecule has 2 aromatic rings. The van der Waals surface area contributed by atoms with E-state index in [9.17, 15) is 9.36 Å². The summed E-state index contributed by atoms with van der Waals surface area (Å²) in [6.07, 6.45) is 0. The maximum atomic E-state index is 11.4. The highest BCUT2D eigenvalue weighted by Crippen LogP contribution is 2.36. The average molecular weight is 288 g/mol. The molecule has 0 unspecified atom stereocenters. The van der Waals surface area contributed by atoms with Crippen molar-refractivity contribution in [3.8, 4) is 11.5 Å².